The van der Waals surface area contributed by atoms with Gasteiger partial charge >= 0.3 is 5.97 Å². The van der Waals surface area contributed by atoms with Gasteiger partial charge in [0.05, 0.1) is 11.3 Å². The fourth-order valence-electron chi connectivity index (χ4n) is 2.68. The Bertz CT molecular complexity index is 480. The Morgan fingerprint density at radius 1 is 1.29 bits per heavy atom. The zero-order chi connectivity index (χ0) is 16.0. The first kappa shape index (κ1) is 17.3. The molecular formula is C17H28N2O2. The minimum absolute atomic E-state index is 0.354. The highest BCUT2D eigenvalue weighted by Gasteiger charge is 2.20. The molecule has 3 N–H and O–H groups in total. The number of rotatable bonds is 8. The molecule has 0 unspecified atom stereocenters. The zero-order valence-corrected chi connectivity index (χ0v) is 13.6. The van der Waals surface area contributed by atoms with Crippen molar-refractivity contribution >= 4 is 17.3 Å². The second kappa shape index (κ2) is 7.91. The van der Waals surface area contributed by atoms with Crippen LogP contribution in [0.1, 0.15) is 56.5 Å². The number of nitrogens with zero attached hydrogens (tertiary/aromatic N) is 1. The van der Waals surface area contributed by atoms with Crippen molar-refractivity contribution in [3.05, 3.63) is 23.3 Å². The Balaban J connectivity index is 3.24. The molecule has 118 valence electrons. The number of nitrogen functional groups attached to an aromatic ring is 1. The molecule has 0 heterocycles. The number of carboxylic acid groups (broad SMARTS) is 1. The Morgan fingerprint density at radius 3 is 2.38 bits per heavy atom. The molecule has 1 aromatic rings. The summed E-state index contributed by atoms with van der Waals surface area (Å²) in [5, 5.41) is 9.47. The summed E-state index contributed by atoms with van der Waals surface area (Å²) in [6, 6.07) is 3.35. The van der Waals surface area contributed by atoms with Crippen LogP contribution in [-0.2, 0) is 6.42 Å². The molecule has 0 atom stereocenters. The van der Waals surface area contributed by atoms with E-state index in [1.54, 1.807) is 12.1 Å². The Kier molecular flexibility index (Phi) is 6.53. The van der Waals surface area contributed by atoms with Gasteiger partial charge in [0.15, 0.2) is 0 Å². The van der Waals surface area contributed by atoms with Gasteiger partial charge < -0.3 is 15.7 Å². The summed E-state index contributed by atoms with van der Waals surface area (Å²) in [4.78, 5) is 13.6. The first-order valence-corrected chi connectivity index (χ1v) is 7.81. The maximum Gasteiger partial charge on any atom is 0.337 e. The molecule has 4 heteroatoms. The van der Waals surface area contributed by atoms with Crippen LogP contribution in [0.2, 0.25) is 0 Å². The van der Waals surface area contributed by atoms with Gasteiger partial charge in [0.2, 0.25) is 0 Å². The maximum atomic E-state index is 11.5. The second-order valence-electron chi connectivity index (χ2n) is 5.79. The molecule has 0 aromatic heterocycles. The molecule has 1 rings (SSSR count). The summed E-state index contributed by atoms with van der Waals surface area (Å²) >= 11 is 0. The van der Waals surface area contributed by atoms with Crippen molar-refractivity contribution in [3.63, 3.8) is 0 Å². The van der Waals surface area contributed by atoms with Gasteiger partial charge in [-0.2, -0.15) is 0 Å². The van der Waals surface area contributed by atoms with Crippen molar-refractivity contribution in [1.29, 1.82) is 0 Å². The van der Waals surface area contributed by atoms with Crippen LogP contribution in [0, 0.1) is 5.92 Å². The average molecular weight is 292 g/mol. The van der Waals surface area contributed by atoms with Crippen LogP contribution in [0.15, 0.2) is 12.1 Å². The number of aromatic carboxylic acids is 1. The number of nitrogens with two attached hydrogens (primary N) is 1. The van der Waals surface area contributed by atoms with Gasteiger partial charge in [0.25, 0.3) is 0 Å². The summed E-state index contributed by atoms with van der Waals surface area (Å²) in [7, 11) is 0. The van der Waals surface area contributed by atoms with E-state index in [1.165, 1.54) is 0 Å². The standard InChI is InChI=1S/C17H28N2O2/c1-5-19(6-2)16-13(9-7-8-12(3)4)15(18)11-10-14(16)17(20)21/h10-12H,5-9,18H2,1-4H3,(H,20,21). The highest BCUT2D eigenvalue weighted by Crippen LogP contribution is 2.32. The number of carbonyl (C=O) groups is 1. The van der Waals surface area contributed by atoms with Crippen LogP contribution >= 0.6 is 0 Å². The molecule has 0 fully saturated rings. The normalized spacial score (nSPS) is 10.9. The van der Waals surface area contributed by atoms with Crippen LogP contribution in [0.5, 0.6) is 0 Å². The van der Waals surface area contributed by atoms with Crippen LogP contribution in [-0.4, -0.2) is 24.2 Å². The number of carboxylic acids is 1. The van der Waals surface area contributed by atoms with Crippen molar-refractivity contribution in [2.24, 2.45) is 5.92 Å². The van der Waals surface area contributed by atoms with E-state index < -0.39 is 5.97 Å². The monoisotopic (exact) mass is 292 g/mol. The second-order valence-corrected chi connectivity index (χ2v) is 5.79. The van der Waals surface area contributed by atoms with Gasteiger partial charge in [-0.3, -0.25) is 0 Å². The summed E-state index contributed by atoms with van der Waals surface area (Å²) < 4.78 is 0. The van der Waals surface area contributed by atoms with E-state index in [4.69, 9.17) is 5.73 Å². The molecule has 1 aromatic carbocycles. The number of hydrogen-bond acceptors (Lipinski definition) is 3. The third-order valence-corrected chi connectivity index (χ3v) is 3.84. The molecule has 0 aliphatic heterocycles. The fraction of sp³-hybridized carbons (Fsp3) is 0.588. The lowest BCUT2D eigenvalue weighted by molar-refractivity contribution is 0.0697. The van der Waals surface area contributed by atoms with Crippen LogP contribution in [0.25, 0.3) is 0 Å². The fourth-order valence-corrected chi connectivity index (χ4v) is 2.68. The van der Waals surface area contributed by atoms with Crippen molar-refractivity contribution in [1.82, 2.24) is 0 Å². The predicted molar refractivity (Wildman–Crippen MR) is 89.2 cm³/mol. The number of anilines is 2. The van der Waals surface area contributed by atoms with E-state index in [-0.39, 0.29) is 0 Å². The SMILES string of the molecule is CCN(CC)c1c(C(=O)O)ccc(N)c1CCCC(C)C. The van der Waals surface area contributed by atoms with E-state index >= 15 is 0 Å². The Hall–Kier alpha value is -1.71. The van der Waals surface area contributed by atoms with Crippen LogP contribution in [0.3, 0.4) is 0 Å². The van der Waals surface area contributed by atoms with Gasteiger partial charge in [-0.25, -0.2) is 4.79 Å². The molecule has 0 aliphatic rings. The molecule has 21 heavy (non-hydrogen) atoms. The molecule has 0 spiro atoms. The minimum atomic E-state index is -0.887. The van der Waals surface area contributed by atoms with Gasteiger partial charge in [-0.05, 0) is 50.3 Å². The molecule has 0 amide bonds. The molecule has 0 saturated heterocycles. The summed E-state index contributed by atoms with van der Waals surface area (Å²) in [5.41, 5.74) is 8.98. The number of hydrogen-bond donors (Lipinski definition) is 2. The summed E-state index contributed by atoms with van der Waals surface area (Å²) in [6.07, 6.45) is 2.98. The van der Waals surface area contributed by atoms with Gasteiger partial charge in [-0.1, -0.05) is 20.3 Å². The predicted octanol–water partition coefficient (Wildman–Crippen LogP) is 3.79. The largest absolute Gasteiger partial charge is 0.478 e. The number of benzene rings is 1. The smallest absolute Gasteiger partial charge is 0.337 e. The van der Waals surface area contributed by atoms with Crippen LogP contribution in [0.4, 0.5) is 11.4 Å². The lowest BCUT2D eigenvalue weighted by Gasteiger charge is -2.27. The van der Waals surface area contributed by atoms with Crippen molar-refractivity contribution in [3.8, 4) is 0 Å². The lowest BCUT2D eigenvalue weighted by atomic mass is 9.96. The highest BCUT2D eigenvalue weighted by atomic mass is 16.4. The van der Waals surface area contributed by atoms with Gasteiger partial charge in [0.1, 0.15) is 0 Å². The van der Waals surface area contributed by atoms with E-state index in [0.717, 1.165) is 43.6 Å². The molecular weight excluding hydrogens is 264 g/mol. The van der Waals surface area contributed by atoms with Crippen molar-refractivity contribution < 1.29 is 9.90 Å². The Labute approximate surface area is 128 Å². The maximum absolute atomic E-state index is 11.5. The zero-order valence-electron chi connectivity index (χ0n) is 13.6. The van der Waals surface area contributed by atoms with E-state index in [2.05, 4.69) is 18.7 Å². The van der Waals surface area contributed by atoms with Crippen molar-refractivity contribution in [2.45, 2.75) is 47.0 Å². The highest BCUT2D eigenvalue weighted by molar-refractivity contribution is 5.96. The van der Waals surface area contributed by atoms with E-state index in [0.29, 0.717) is 17.2 Å². The quantitative estimate of drug-likeness (QED) is 0.715. The summed E-state index contributed by atoms with van der Waals surface area (Å²) in [6.45, 7) is 10.0. The van der Waals surface area contributed by atoms with E-state index in [1.807, 2.05) is 13.8 Å². The molecule has 0 saturated carbocycles. The molecule has 0 aliphatic carbocycles. The van der Waals surface area contributed by atoms with E-state index in [9.17, 15) is 9.90 Å². The topological polar surface area (TPSA) is 66.6 Å². The first-order chi connectivity index (χ1) is 9.92. The molecule has 0 bridgehead atoms. The van der Waals surface area contributed by atoms with Crippen LogP contribution < -0.4 is 10.6 Å². The summed E-state index contributed by atoms with van der Waals surface area (Å²) in [5.74, 6) is -0.243. The lowest BCUT2D eigenvalue weighted by Crippen LogP contribution is -2.26. The third-order valence-electron chi connectivity index (χ3n) is 3.84. The molecule has 4 nitrogen and oxygen atoms in total. The minimum Gasteiger partial charge on any atom is -0.478 e. The van der Waals surface area contributed by atoms with Crippen molar-refractivity contribution in [2.75, 3.05) is 23.7 Å². The Morgan fingerprint density at radius 2 is 1.90 bits per heavy atom. The third kappa shape index (κ3) is 4.38. The molecule has 0 radical (unpaired) electrons. The first-order valence-electron chi connectivity index (χ1n) is 7.81. The van der Waals surface area contributed by atoms with Gasteiger partial charge in [-0.15, -0.1) is 0 Å². The average Bonchev–Trinajstić information content (AvgIpc) is 2.42. The van der Waals surface area contributed by atoms with Gasteiger partial charge in [0, 0.05) is 18.8 Å².